The number of aryl methyl sites for hydroxylation is 1. The first-order valence-corrected chi connectivity index (χ1v) is 12.0. The molecule has 0 radical (unpaired) electrons. The summed E-state index contributed by atoms with van der Waals surface area (Å²) in [5, 5.41) is -0.336. The molecule has 3 rings (SSSR count). The number of thiol groups is 1. The van der Waals surface area contributed by atoms with Crippen LogP contribution in [0.2, 0.25) is 0 Å². The van der Waals surface area contributed by atoms with E-state index in [9.17, 15) is 9.59 Å². The maximum Gasteiger partial charge on any atom is 0.236 e. The van der Waals surface area contributed by atoms with E-state index in [0.29, 0.717) is 19.6 Å². The van der Waals surface area contributed by atoms with E-state index in [1.54, 1.807) is 0 Å². The van der Waals surface area contributed by atoms with Crippen molar-refractivity contribution in [1.82, 2.24) is 9.80 Å². The second-order valence-corrected chi connectivity index (χ2v) is 9.72. The summed E-state index contributed by atoms with van der Waals surface area (Å²) in [4.78, 5) is 29.3. The van der Waals surface area contributed by atoms with Crippen LogP contribution in [0.4, 0.5) is 0 Å². The number of rotatable bonds is 8. The fourth-order valence-electron chi connectivity index (χ4n) is 4.84. The minimum absolute atomic E-state index is 0.115. The van der Waals surface area contributed by atoms with E-state index in [1.807, 2.05) is 6.92 Å². The van der Waals surface area contributed by atoms with Crippen LogP contribution in [0, 0.1) is 12.8 Å². The fourth-order valence-corrected chi connectivity index (χ4v) is 5.22. The molecule has 6 nitrogen and oxygen atoms in total. The molecule has 2 heterocycles. The third-order valence-corrected chi connectivity index (χ3v) is 7.32. The van der Waals surface area contributed by atoms with Crippen LogP contribution in [-0.2, 0) is 20.9 Å². The minimum Gasteiger partial charge on any atom is -0.381 e. The highest BCUT2D eigenvalue weighted by Crippen LogP contribution is 2.27. The first-order valence-electron chi connectivity index (χ1n) is 11.5. The number of nitrogens with two attached hydrogens (primary N) is 1. The molecule has 2 aliphatic rings. The van der Waals surface area contributed by atoms with Gasteiger partial charge in [-0.25, -0.2) is 0 Å². The van der Waals surface area contributed by atoms with Crippen LogP contribution >= 0.6 is 12.6 Å². The van der Waals surface area contributed by atoms with Crippen LogP contribution in [0.5, 0.6) is 0 Å². The lowest BCUT2D eigenvalue weighted by atomic mass is 9.95. The minimum atomic E-state index is -0.336. The molecule has 3 atom stereocenters. The van der Waals surface area contributed by atoms with Gasteiger partial charge < -0.3 is 15.4 Å². The number of piperidine rings is 1. The number of hydrogen-bond acceptors (Lipinski definition) is 5. The average molecular weight is 448 g/mol. The summed E-state index contributed by atoms with van der Waals surface area (Å²) in [6.07, 6.45) is 4.13. The van der Waals surface area contributed by atoms with Crippen LogP contribution < -0.4 is 5.73 Å². The Hall–Kier alpha value is -1.57. The van der Waals surface area contributed by atoms with Crippen LogP contribution in [0.15, 0.2) is 24.3 Å². The summed E-state index contributed by atoms with van der Waals surface area (Å²) in [6, 6.07) is 8.68. The van der Waals surface area contributed by atoms with E-state index in [-0.39, 0.29) is 35.1 Å². The molecule has 3 unspecified atom stereocenters. The Kier molecular flexibility index (Phi) is 8.81. The van der Waals surface area contributed by atoms with Crippen LogP contribution in [0.3, 0.4) is 0 Å². The Labute approximate surface area is 191 Å². The van der Waals surface area contributed by atoms with E-state index >= 15 is 0 Å². The van der Waals surface area contributed by atoms with Crippen molar-refractivity contribution in [2.75, 3.05) is 26.3 Å². The van der Waals surface area contributed by atoms with Gasteiger partial charge in [0, 0.05) is 50.7 Å². The number of carbonyl (C=O) groups is 2. The standard InChI is InChI=1S/C24H37N3O3S/c1-17-5-3-6-19(13-17)15-27(24(29)23(31)20-7-4-12-30-16-20)21-8-10-26(11-9-21)18(2)14-22(25)28/h3,5-6,13,18,20-21,23,31H,4,7-12,14-16H2,1-2H3,(H2,25,28). The lowest BCUT2D eigenvalue weighted by Gasteiger charge is -2.42. The molecule has 2 fully saturated rings. The Morgan fingerprint density at radius 1 is 1.29 bits per heavy atom. The summed E-state index contributed by atoms with van der Waals surface area (Å²) in [7, 11) is 0. The molecular weight excluding hydrogens is 410 g/mol. The third kappa shape index (κ3) is 6.70. The van der Waals surface area contributed by atoms with E-state index in [0.717, 1.165) is 50.9 Å². The second kappa shape index (κ2) is 11.3. The Morgan fingerprint density at radius 2 is 2.03 bits per heavy atom. The van der Waals surface area contributed by atoms with Crippen molar-refractivity contribution in [2.24, 2.45) is 11.7 Å². The zero-order chi connectivity index (χ0) is 22.4. The summed E-state index contributed by atoms with van der Waals surface area (Å²) >= 11 is 4.77. The molecule has 1 aromatic rings. The maximum atomic E-state index is 13.6. The Morgan fingerprint density at radius 3 is 2.65 bits per heavy atom. The van der Waals surface area contributed by atoms with Crippen LogP contribution in [-0.4, -0.2) is 65.3 Å². The Balaban J connectivity index is 1.71. The van der Waals surface area contributed by atoms with Crippen LogP contribution in [0.1, 0.15) is 50.2 Å². The molecule has 0 bridgehead atoms. The summed E-state index contributed by atoms with van der Waals surface area (Å²) in [6.45, 7) is 7.84. The zero-order valence-electron chi connectivity index (χ0n) is 18.8. The second-order valence-electron chi connectivity index (χ2n) is 9.16. The fraction of sp³-hybridized carbons (Fsp3) is 0.667. The van der Waals surface area contributed by atoms with Crippen molar-refractivity contribution in [1.29, 1.82) is 0 Å². The van der Waals surface area contributed by atoms with E-state index in [4.69, 9.17) is 23.1 Å². The largest absolute Gasteiger partial charge is 0.381 e. The number of carbonyl (C=O) groups excluding carboxylic acids is 2. The number of amides is 2. The molecule has 0 spiro atoms. The SMILES string of the molecule is Cc1cccc(CN(C(=O)C(S)C2CCCOC2)C2CCN(C(C)CC(N)=O)CC2)c1. The van der Waals surface area contributed by atoms with Gasteiger partial charge in [0.25, 0.3) is 0 Å². The van der Waals surface area contributed by atoms with E-state index in [1.165, 1.54) is 5.56 Å². The van der Waals surface area contributed by atoms with Gasteiger partial charge in [0.15, 0.2) is 0 Å². The van der Waals surface area contributed by atoms with Gasteiger partial charge in [0.1, 0.15) is 0 Å². The quantitative estimate of drug-likeness (QED) is 0.601. The first kappa shape index (κ1) is 24.1. The van der Waals surface area contributed by atoms with Gasteiger partial charge in [0.2, 0.25) is 11.8 Å². The molecule has 0 aromatic heterocycles. The van der Waals surface area contributed by atoms with Crippen LogP contribution in [0.25, 0.3) is 0 Å². The molecule has 1 aromatic carbocycles. The molecule has 31 heavy (non-hydrogen) atoms. The highest BCUT2D eigenvalue weighted by Gasteiger charge is 2.35. The lowest BCUT2D eigenvalue weighted by Crippen LogP contribution is -2.52. The summed E-state index contributed by atoms with van der Waals surface area (Å²) < 4.78 is 5.62. The van der Waals surface area contributed by atoms with Crippen molar-refractivity contribution in [2.45, 2.75) is 69.8 Å². The first-order chi connectivity index (χ1) is 14.8. The molecule has 0 aliphatic carbocycles. The van der Waals surface area contributed by atoms with Gasteiger partial charge in [-0.1, -0.05) is 29.8 Å². The molecule has 2 N–H and O–H groups in total. The average Bonchev–Trinajstić information content (AvgIpc) is 2.77. The van der Waals surface area contributed by atoms with Crippen molar-refractivity contribution in [3.8, 4) is 0 Å². The van der Waals surface area contributed by atoms with Gasteiger partial charge in [-0.2, -0.15) is 12.6 Å². The molecule has 7 heteroatoms. The van der Waals surface area contributed by atoms with Gasteiger partial charge in [0.05, 0.1) is 11.9 Å². The summed E-state index contributed by atoms with van der Waals surface area (Å²) in [5.74, 6) is 0.0164. The highest BCUT2D eigenvalue weighted by atomic mass is 32.1. The smallest absolute Gasteiger partial charge is 0.236 e. The van der Waals surface area contributed by atoms with E-state index < -0.39 is 0 Å². The molecule has 172 valence electrons. The maximum absolute atomic E-state index is 13.6. The van der Waals surface area contributed by atoms with E-state index in [2.05, 4.69) is 41.0 Å². The molecular formula is C24H37N3O3S. The number of likely N-dealkylation sites (tertiary alicyclic amines) is 1. The monoisotopic (exact) mass is 447 g/mol. The predicted octanol–water partition coefficient (Wildman–Crippen LogP) is 2.78. The highest BCUT2D eigenvalue weighted by molar-refractivity contribution is 7.81. The number of primary amides is 1. The molecule has 0 saturated carbocycles. The molecule has 2 saturated heterocycles. The van der Waals surface area contributed by atoms with Gasteiger partial charge in [-0.3, -0.25) is 14.5 Å². The van der Waals surface area contributed by atoms with Gasteiger partial charge >= 0.3 is 0 Å². The van der Waals surface area contributed by atoms with Crippen molar-refractivity contribution in [3.63, 3.8) is 0 Å². The molecule has 2 aliphatic heterocycles. The van der Waals surface area contributed by atoms with Crippen molar-refractivity contribution in [3.05, 3.63) is 35.4 Å². The lowest BCUT2D eigenvalue weighted by molar-refractivity contribution is -0.136. The van der Waals surface area contributed by atoms with Gasteiger partial charge in [-0.05, 0) is 45.1 Å². The zero-order valence-corrected chi connectivity index (χ0v) is 19.7. The molecule has 2 amide bonds. The van der Waals surface area contributed by atoms with Gasteiger partial charge in [-0.15, -0.1) is 0 Å². The predicted molar refractivity (Wildman–Crippen MR) is 126 cm³/mol. The van der Waals surface area contributed by atoms with Crippen molar-refractivity contribution < 1.29 is 14.3 Å². The Bertz CT molecular complexity index is 745. The number of ether oxygens (including phenoxy) is 1. The number of benzene rings is 1. The number of hydrogen-bond donors (Lipinski definition) is 2. The summed E-state index contributed by atoms with van der Waals surface area (Å²) in [5.41, 5.74) is 7.73. The normalized spacial score (nSPS) is 22.6. The number of nitrogens with zero attached hydrogens (tertiary/aromatic N) is 2. The topological polar surface area (TPSA) is 75.9 Å². The third-order valence-electron chi connectivity index (χ3n) is 6.67. The van der Waals surface area contributed by atoms with Crippen molar-refractivity contribution >= 4 is 24.4 Å².